The van der Waals surface area contributed by atoms with Gasteiger partial charge in [0.2, 0.25) is 11.8 Å². The van der Waals surface area contributed by atoms with Crippen molar-refractivity contribution in [2.45, 2.75) is 13.3 Å². The Morgan fingerprint density at radius 3 is 2.73 bits per heavy atom. The van der Waals surface area contributed by atoms with Gasteiger partial charge in [-0.1, -0.05) is 30.3 Å². The summed E-state index contributed by atoms with van der Waals surface area (Å²) < 4.78 is 0. The third kappa shape index (κ3) is 5.49. The van der Waals surface area contributed by atoms with E-state index in [-0.39, 0.29) is 24.8 Å². The van der Waals surface area contributed by atoms with Crippen LogP contribution in [0.15, 0.2) is 42.6 Å². The molecule has 0 spiro atoms. The predicted molar refractivity (Wildman–Crippen MR) is 88.6 cm³/mol. The first-order chi connectivity index (χ1) is 10.6. The van der Waals surface area contributed by atoms with Gasteiger partial charge in [-0.3, -0.25) is 9.59 Å². The quantitative estimate of drug-likeness (QED) is 0.805. The highest BCUT2D eigenvalue weighted by Crippen LogP contribution is 2.16. The maximum atomic E-state index is 11.7. The van der Waals surface area contributed by atoms with Gasteiger partial charge in [-0.15, -0.1) is 11.3 Å². The second-order valence-electron chi connectivity index (χ2n) is 4.61. The highest BCUT2D eigenvalue weighted by Gasteiger charge is 2.05. The molecule has 1 heterocycles. The number of nitrogens with one attached hydrogen (secondary N) is 2. The van der Waals surface area contributed by atoms with Gasteiger partial charge in [-0.25, -0.2) is 4.98 Å². The van der Waals surface area contributed by atoms with E-state index in [2.05, 4.69) is 15.6 Å². The Morgan fingerprint density at radius 2 is 2.05 bits per heavy atom. The number of rotatable bonds is 6. The largest absolute Gasteiger partial charge is 0.352 e. The molecule has 2 aromatic rings. The molecule has 0 atom stereocenters. The van der Waals surface area contributed by atoms with E-state index in [1.807, 2.05) is 37.3 Å². The second-order valence-corrected chi connectivity index (χ2v) is 5.84. The molecule has 0 bridgehead atoms. The Kier molecular flexibility index (Phi) is 5.85. The topological polar surface area (TPSA) is 71.1 Å². The highest BCUT2D eigenvalue weighted by atomic mass is 32.1. The van der Waals surface area contributed by atoms with E-state index in [9.17, 15) is 9.59 Å². The standard InChI is InChI=1S/C16H17N3O2S/c1-12-11-18-16(22-12)19-15(21)9-10-17-14(20)8-7-13-5-3-2-4-6-13/h2-8,11H,9-10H2,1H3,(H,17,20)(H,18,19,21)/b8-7+. The number of thiazole rings is 1. The van der Waals surface area contributed by atoms with Crippen molar-refractivity contribution in [2.24, 2.45) is 0 Å². The molecule has 0 aliphatic rings. The molecule has 1 aromatic heterocycles. The van der Waals surface area contributed by atoms with Crippen LogP contribution in [0.25, 0.3) is 6.08 Å². The van der Waals surface area contributed by atoms with Crippen molar-refractivity contribution in [1.82, 2.24) is 10.3 Å². The number of carbonyl (C=O) groups is 2. The molecule has 0 saturated heterocycles. The zero-order chi connectivity index (χ0) is 15.8. The molecule has 2 N–H and O–H groups in total. The second kappa shape index (κ2) is 8.09. The minimum absolute atomic E-state index is 0.165. The van der Waals surface area contributed by atoms with Gasteiger partial charge in [0.1, 0.15) is 0 Å². The summed E-state index contributed by atoms with van der Waals surface area (Å²) in [6, 6.07) is 9.55. The number of aryl methyl sites for hydroxylation is 1. The molecule has 0 radical (unpaired) electrons. The van der Waals surface area contributed by atoms with Crippen LogP contribution in [0, 0.1) is 6.92 Å². The normalized spacial score (nSPS) is 10.6. The van der Waals surface area contributed by atoms with Crippen LogP contribution in [0.3, 0.4) is 0 Å². The fourth-order valence-corrected chi connectivity index (χ4v) is 2.37. The third-order valence-corrected chi connectivity index (χ3v) is 3.57. The SMILES string of the molecule is Cc1cnc(NC(=O)CCNC(=O)/C=C/c2ccccc2)s1. The van der Waals surface area contributed by atoms with Gasteiger partial charge in [0.25, 0.3) is 0 Å². The minimum Gasteiger partial charge on any atom is -0.352 e. The van der Waals surface area contributed by atoms with Gasteiger partial charge in [-0.2, -0.15) is 0 Å². The Bertz CT molecular complexity index is 665. The Balaban J connectivity index is 1.68. The van der Waals surface area contributed by atoms with Crippen LogP contribution in [-0.4, -0.2) is 23.3 Å². The van der Waals surface area contributed by atoms with Crippen molar-refractivity contribution in [3.63, 3.8) is 0 Å². The van der Waals surface area contributed by atoms with E-state index in [4.69, 9.17) is 0 Å². The lowest BCUT2D eigenvalue weighted by atomic mass is 10.2. The van der Waals surface area contributed by atoms with Crippen LogP contribution in [0.2, 0.25) is 0 Å². The molecule has 0 fully saturated rings. The first-order valence-electron chi connectivity index (χ1n) is 6.87. The Labute approximate surface area is 133 Å². The summed E-state index contributed by atoms with van der Waals surface area (Å²) >= 11 is 1.42. The lowest BCUT2D eigenvalue weighted by Crippen LogP contribution is -2.26. The number of aromatic nitrogens is 1. The summed E-state index contributed by atoms with van der Waals surface area (Å²) in [5.74, 6) is -0.386. The Morgan fingerprint density at radius 1 is 1.27 bits per heavy atom. The number of hydrogen-bond acceptors (Lipinski definition) is 4. The lowest BCUT2D eigenvalue weighted by Gasteiger charge is -2.02. The smallest absolute Gasteiger partial charge is 0.244 e. The lowest BCUT2D eigenvalue weighted by molar-refractivity contribution is -0.117. The molecule has 0 saturated carbocycles. The number of benzene rings is 1. The molecular weight excluding hydrogens is 298 g/mol. The highest BCUT2D eigenvalue weighted by molar-refractivity contribution is 7.15. The monoisotopic (exact) mass is 315 g/mol. The van der Waals surface area contributed by atoms with Gasteiger partial charge < -0.3 is 10.6 Å². The van der Waals surface area contributed by atoms with Crippen LogP contribution in [-0.2, 0) is 9.59 Å². The number of anilines is 1. The van der Waals surface area contributed by atoms with Crippen molar-refractivity contribution < 1.29 is 9.59 Å². The van der Waals surface area contributed by atoms with Crippen molar-refractivity contribution >= 4 is 34.4 Å². The van der Waals surface area contributed by atoms with Crippen LogP contribution in [0.1, 0.15) is 16.9 Å². The minimum atomic E-state index is -0.221. The maximum Gasteiger partial charge on any atom is 0.244 e. The van der Waals surface area contributed by atoms with Crippen molar-refractivity contribution in [2.75, 3.05) is 11.9 Å². The zero-order valence-corrected chi connectivity index (χ0v) is 13.0. The van der Waals surface area contributed by atoms with Crippen molar-refractivity contribution in [3.8, 4) is 0 Å². The van der Waals surface area contributed by atoms with E-state index in [1.54, 1.807) is 12.3 Å². The first kappa shape index (κ1) is 15.9. The molecule has 114 valence electrons. The van der Waals surface area contributed by atoms with Gasteiger partial charge in [0.15, 0.2) is 5.13 Å². The average molecular weight is 315 g/mol. The van der Waals surface area contributed by atoms with Crippen LogP contribution < -0.4 is 10.6 Å². The summed E-state index contributed by atoms with van der Waals surface area (Å²) in [5, 5.41) is 5.95. The number of nitrogens with zero attached hydrogens (tertiary/aromatic N) is 1. The van der Waals surface area contributed by atoms with Crippen LogP contribution in [0.4, 0.5) is 5.13 Å². The van der Waals surface area contributed by atoms with Gasteiger partial charge in [0.05, 0.1) is 0 Å². The first-order valence-corrected chi connectivity index (χ1v) is 7.68. The summed E-state index contributed by atoms with van der Waals surface area (Å²) in [4.78, 5) is 28.4. The van der Waals surface area contributed by atoms with E-state index in [0.717, 1.165) is 10.4 Å². The zero-order valence-electron chi connectivity index (χ0n) is 12.2. The van der Waals surface area contributed by atoms with Crippen LogP contribution >= 0.6 is 11.3 Å². The summed E-state index contributed by atoms with van der Waals surface area (Å²) in [7, 11) is 0. The van der Waals surface area contributed by atoms with E-state index < -0.39 is 0 Å². The maximum absolute atomic E-state index is 11.7. The fraction of sp³-hybridized carbons (Fsp3) is 0.188. The van der Waals surface area contributed by atoms with E-state index in [1.165, 1.54) is 17.4 Å². The van der Waals surface area contributed by atoms with Gasteiger partial charge >= 0.3 is 0 Å². The molecule has 22 heavy (non-hydrogen) atoms. The molecule has 1 aromatic carbocycles. The number of amides is 2. The number of carbonyl (C=O) groups excluding carboxylic acids is 2. The van der Waals surface area contributed by atoms with Crippen molar-refractivity contribution in [1.29, 1.82) is 0 Å². The predicted octanol–water partition coefficient (Wildman–Crippen LogP) is 2.61. The molecule has 6 heteroatoms. The number of hydrogen-bond donors (Lipinski definition) is 2. The molecule has 5 nitrogen and oxygen atoms in total. The molecule has 0 unspecified atom stereocenters. The third-order valence-electron chi connectivity index (χ3n) is 2.75. The summed E-state index contributed by atoms with van der Waals surface area (Å²) in [6.07, 6.45) is 5.10. The van der Waals surface area contributed by atoms with Gasteiger partial charge in [0, 0.05) is 30.1 Å². The molecule has 2 amide bonds. The summed E-state index contributed by atoms with van der Waals surface area (Å²) in [5.41, 5.74) is 0.953. The Hall–Kier alpha value is -2.47. The van der Waals surface area contributed by atoms with Crippen molar-refractivity contribution in [3.05, 3.63) is 53.0 Å². The van der Waals surface area contributed by atoms with E-state index in [0.29, 0.717) is 5.13 Å². The fourth-order valence-electron chi connectivity index (χ4n) is 1.69. The molecule has 0 aliphatic carbocycles. The van der Waals surface area contributed by atoms with E-state index >= 15 is 0 Å². The van der Waals surface area contributed by atoms with Gasteiger partial charge in [-0.05, 0) is 18.6 Å². The molecule has 2 rings (SSSR count). The molecule has 0 aliphatic heterocycles. The molecular formula is C16H17N3O2S. The average Bonchev–Trinajstić information content (AvgIpc) is 2.91. The van der Waals surface area contributed by atoms with Crippen LogP contribution in [0.5, 0.6) is 0 Å². The summed E-state index contributed by atoms with van der Waals surface area (Å²) in [6.45, 7) is 2.21.